The first-order valence-corrected chi connectivity index (χ1v) is 6.88. The molecule has 0 amide bonds. The summed E-state index contributed by atoms with van der Waals surface area (Å²) in [6.45, 7) is 2.95. The molecule has 0 radical (unpaired) electrons. The number of rotatable bonds is 3. The fraction of sp³-hybridized carbons (Fsp3) is 0.538. The Morgan fingerprint density at radius 1 is 1.21 bits per heavy atom. The summed E-state index contributed by atoms with van der Waals surface area (Å²) in [5.74, 6) is 1.62. The second-order valence-corrected chi connectivity index (χ2v) is 4.77. The molecule has 2 aromatic heterocycles. The van der Waals surface area contributed by atoms with Crippen LogP contribution in [0.2, 0.25) is 0 Å². The average Bonchev–Trinajstić information content (AvgIpc) is 2.85. The number of nitrogens with one attached hydrogen (secondary N) is 2. The van der Waals surface area contributed by atoms with Crippen molar-refractivity contribution in [3.8, 4) is 11.5 Å². The number of H-pyrrole nitrogens is 1. The Labute approximate surface area is 112 Å². The monoisotopic (exact) mass is 258 g/mol. The summed E-state index contributed by atoms with van der Waals surface area (Å²) in [4.78, 5) is 9.30. The number of aryl methyl sites for hydroxylation is 1. The van der Waals surface area contributed by atoms with Gasteiger partial charge in [-0.1, -0.05) is 6.42 Å². The van der Waals surface area contributed by atoms with Crippen LogP contribution in [-0.4, -0.2) is 31.9 Å². The minimum Gasteiger partial charge on any atom is -0.370 e. The highest BCUT2D eigenvalue weighted by Crippen LogP contribution is 2.26. The van der Waals surface area contributed by atoms with Crippen molar-refractivity contribution in [2.24, 2.45) is 0 Å². The molecular formula is C13H18N6. The van der Waals surface area contributed by atoms with Gasteiger partial charge in [-0.3, -0.25) is 0 Å². The van der Waals surface area contributed by atoms with E-state index < -0.39 is 0 Å². The second kappa shape index (κ2) is 5.34. The van der Waals surface area contributed by atoms with Gasteiger partial charge in [-0.25, -0.2) is 9.97 Å². The van der Waals surface area contributed by atoms with Gasteiger partial charge in [-0.15, -0.1) is 0 Å². The lowest BCUT2D eigenvalue weighted by Gasteiger charge is -2.13. The third-order valence-electron chi connectivity index (χ3n) is 3.42. The van der Waals surface area contributed by atoms with E-state index in [0.717, 1.165) is 25.2 Å². The highest BCUT2D eigenvalue weighted by atomic mass is 15.3. The molecule has 0 aromatic carbocycles. The third kappa shape index (κ3) is 2.43. The molecule has 2 heterocycles. The topological polar surface area (TPSA) is 79.4 Å². The van der Waals surface area contributed by atoms with Crippen LogP contribution in [0.5, 0.6) is 0 Å². The summed E-state index contributed by atoms with van der Waals surface area (Å²) in [5.41, 5.74) is 3.15. The third-order valence-corrected chi connectivity index (χ3v) is 3.42. The molecule has 0 fully saturated rings. The molecule has 0 bridgehead atoms. The molecular weight excluding hydrogens is 240 g/mol. The van der Waals surface area contributed by atoms with Gasteiger partial charge in [0.1, 0.15) is 11.5 Å². The lowest BCUT2D eigenvalue weighted by molar-refractivity contribution is 0.709. The highest BCUT2D eigenvalue weighted by molar-refractivity contribution is 5.56. The molecule has 2 N–H and O–H groups in total. The van der Waals surface area contributed by atoms with Crippen LogP contribution in [0.4, 0.5) is 5.82 Å². The van der Waals surface area contributed by atoms with Gasteiger partial charge in [0.25, 0.3) is 0 Å². The van der Waals surface area contributed by atoms with Crippen LogP contribution in [0, 0.1) is 0 Å². The minimum absolute atomic E-state index is 0.658. The summed E-state index contributed by atoms with van der Waals surface area (Å²) in [6.07, 6.45) is 7.44. The van der Waals surface area contributed by atoms with E-state index in [-0.39, 0.29) is 0 Å². The molecule has 19 heavy (non-hydrogen) atoms. The van der Waals surface area contributed by atoms with E-state index in [9.17, 15) is 0 Å². The van der Waals surface area contributed by atoms with Crippen molar-refractivity contribution in [2.75, 3.05) is 11.9 Å². The quantitative estimate of drug-likeness (QED) is 0.823. The average molecular weight is 258 g/mol. The van der Waals surface area contributed by atoms with Gasteiger partial charge in [-0.2, -0.15) is 15.4 Å². The Balaban J connectivity index is 2.08. The van der Waals surface area contributed by atoms with Crippen LogP contribution in [0.15, 0.2) is 6.20 Å². The Hall–Kier alpha value is -1.98. The summed E-state index contributed by atoms with van der Waals surface area (Å²) < 4.78 is 0. The maximum absolute atomic E-state index is 4.69. The first kappa shape index (κ1) is 12.1. The largest absolute Gasteiger partial charge is 0.370 e. The molecule has 0 aliphatic heterocycles. The highest BCUT2D eigenvalue weighted by Gasteiger charge is 2.17. The van der Waals surface area contributed by atoms with Crippen LogP contribution in [-0.2, 0) is 12.8 Å². The number of aromatic nitrogens is 5. The zero-order valence-electron chi connectivity index (χ0n) is 11.1. The molecule has 0 saturated heterocycles. The van der Waals surface area contributed by atoms with Crippen molar-refractivity contribution in [3.05, 3.63) is 17.5 Å². The zero-order chi connectivity index (χ0) is 13.1. The van der Waals surface area contributed by atoms with E-state index >= 15 is 0 Å². The number of anilines is 1. The van der Waals surface area contributed by atoms with Gasteiger partial charge in [0.05, 0.1) is 6.20 Å². The normalized spacial score (nSPS) is 14.8. The number of aromatic amines is 1. The molecule has 1 aliphatic carbocycles. The van der Waals surface area contributed by atoms with E-state index in [2.05, 4.69) is 37.6 Å². The van der Waals surface area contributed by atoms with Crippen LogP contribution in [0.3, 0.4) is 0 Å². The van der Waals surface area contributed by atoms with Crippen LogP contribution in [0.25, 0.3) is 11.5 Å². The lowest BCUT2D eigenvalue weighted by Crippen LogP contribution is -2.09. The first-order chi connectivity index (χ1) is 9.38. The first-order valence-electron chi connectivity index (χ1n) is 6.88. The predicted molar refractivity (Wildman–Crippen MR) is 72.8 cm³/mol. The van der Waals surface area contributed by atoms with Gasteiger partial charge >= 0.3 is 0 Å². The van der Waals surface area contributed by atoms with Crippen molar-refractivity contribution >= 4 is 5.82 Å². The molecule has 0 spiro atoms. The molecule has 3 rings (SSSR count). The van der Waals surface area contributed by atoms with E-state index in [1.54, 1.807) is 6.20 Å². The van der Waals surface area contributed by atoms with Crippen molar-refractivity contribution in [3.63, 3.8) is 0 Å². The summed E-state index contributed by atoms with van der Waals surface area (Å²) in [6, 6.07) is 0. The molecule has 100 valence electrons. The summed E-state index contributed by atoms with van der Waals surface area (Å²) >= 11 is 0. The fourth-order valence-corrected chi connectivity index (χ4v) is 2.51. The van der Waals surface area contributed by atoms with E-state index in [1.807, 2.05) is 0 Å². The Morgan fingerprint density at radius 3 is 2.89 bits per heavy atom. The van der Waals surface area contributed by atoms with Gasteiger partial charge < -0.3 is 5.32 Å². The smallest absolute Gasteiger partial charge is 0.184 e. The molecule has 1 aliphatic rings. The standard InChI is InChI=1S/C13H18N6/c1-2-14-12-9-6-4-3-5-7-10(9)16-13(17-12)11-8-15-19-18-11/h8H,2-7H2,1H3,(H,14,16,17)(H,15,18,19). The summed E-state index contributed by atoms with van der Waals surface area (Å²) in [5, 5.41) is 13.9. The van der Waals surface area contributed by atoms with Gasteiger partial charge in [-0.05, 0) is 32.6 Å². The van der Waals surface area contributed by atoms with Gasteiger partial charge in [0.15, 0.2) is 5.82 Å². The molecule has 0 atom stereocenters. The zero-order valence-corrected chi connectivity index (χ0v) is 11.1. The Morgan fingerprint density at radius 2 is 2.11 bits per heavy atom. The molecule has 0 saturated carbocycles. The molecule has 0 unspecified atom stereocenters. The number of hydrogen-bond acceptors (Lipinski definition) is 5. The van der Waals surface area contributed by atoms with Gasteiger partial charge in [0.2, 0.25) is 0 Å². The van der Waals surface area contributed by atoms with Gasteiger partial charge in [0, 0.05) is 17.8 Å². The second-order valence-electron chi connectivity index (χ2n) is 4.77. The molecule has 6 nitrogen and oxygen atoms in total. The fourth-order valence-electron chi connectivity index (χ4n) is 2.51. The van der Waals surface area contributed by atoms with Crippen molar-refractivity contribution < 1.29 is 0 Å². The van der Waals surface area contributed by atoms with Crippen LogP contribution < -0.4 is 5.32 Å². The molecule has 6 heteroatoms. The maximum atomic E-state index is 4.69. The molecule has 2 aromatic rings. The minimum atomic E-state index is 0.658. The SMILES string of the molecule is CCNc1nc(-c2cn[nH]n2)nc2c1CCCCC2. The number of hydrogen-bond donors (Lipinski definition) is 2. The Kier molecular flexibility index (Phi) is 3.39. The van der Waals surface area contributed by atoms with Crippen molar-refractivity contribution in [2.45, 2.75) is 39.0 Å². The van der Waals surface area contributed by atoms with E-state index in [0.29, 0.717) is 11.5 Å². The predicted octanol–water partition coefficient (Wildman–Crippen LogP) is 1.96. The number of fused-ring (bicyclic) bond motifs is 1. The summed E-state index contributed by atoms with van der Waals surface area (Å²) in [7, 11) is 0. The maximum Gasteiger partial charge on any atom is 0.184 e. The van der Waals surface area contributed by atoms with Crippen LogP contribution in [0.1, 0.15) is 37.4 Å². The Bertz CT molecular complexity index is 549. The van der Waals surface area contributed by atoms with E-state index in [1.165, 1.54) is 30.5 Å². The van der Waals surface area contributed by atoms with Crippen molar-refractivity contribution in [1.29, 1.82) is 0 Å². The van der Waals surface area contributed by atoms with E-state index in [4.69, 9.17) is 0 Å². The number of nitrogens with zero attached hydrogens (tertiary/aromatic N) is 4. The lowest BCUT2D eigenvalue weighted by atomic mass is 10.1. The van der Waals surface area contributed by atoms with Crippen molar-refractivity contribution in [1.82, 2.24) is 25.4 Å². The van der Waals surface area contributed by atoms with Crippen LogP contribution >= 0.6 is 0 Å².